The molecule has 1 saturated carbocycles. The highest BCUT2D eigenvalue weighted by molar-refractivity contribution is 5.89. The minimum atomic E-state index is -0.367. The minimum absolute atomic E-state index is 0.174. The van der Waals surface area contributed by atoms with Gasteiger partial charge in [-0.05, 0) is 43.4 Å². The molecule has 20 heavy (non-hydrogen) atoms. The molecule has 2 fully saturated rings. The van der Waals surface area contributed by atoms with Gasteiger partial charge in [-0.15, -0.1) is 0 Å². The summed E-state index contributed by atoms with van der Waals surface area (Å²) in [7, 11) is 0. The van der Waals surface area contributed by atoms with Gasteiger partial charge in [-0.2, -0.15) is 0 Å². The van der Waals surface area contributed by atoms with Crippen LogP contribution in [0.1, 0.15) is 30.4 Å². The molecular weight excluding hydrogens is 254 g/mol. The van der Waals surface area contributed by atoms with E-state index < -0.39 is 0 Å². The van der Waals surface area contributed by atoms with E-state index in [2.05, 4.69) is 5.32 Å². The number of benzene rings is 1. The SMILES string of the molecule is O=C1CCC2C3Cc4ccc(O)c5c4[C@@]2(CCN3)[C@H]1O5. The van der Waals surface area contributed by atoms with E-state index in [0.29, 0.717) is 24.1 Å². The van der Waals surface area contributed by atoms with Gasteiger partial charge < -0.3 is 15.2 Å². The Kier molecular flexibility index (Phi) is 1.88. The summed E-state index contributed by atoms with van der Waals surface area (Å²) in [5.74, 6) is 1.46. The Morgan fingerprint density at radius 2 is 2.30 bits per heavy atom. The first-order chi connectivity index (χ1) is 9.72. The Morgan fingerprint density at radius 1 is 1.40 bits per heavy atom. The van der Waals surface area contributed by atoms with Crippen molar-refractivity contribution in [3.8, 4) is 11.5 Å². The molecule has 2 aliphatic heterocycles. The Bertz CT molecular complexity index is 641. The maximum atomic E-state index is 12.4. The largest absolute Gasteiger partial charge is 0.504 e. The highest BCUT2D eigenvalue weighted by atomic mass is 16.5. The lowest BCUT2D eigenvalue weighted by atomic mass is 9.52. The van der Waals surface area contributed by atoms with Crippen molar-refractivity contribution in [2.45, 2.75) is 43.2 Å². The van der Waals surface area contributed by atoms with Crippen LogP contribution in [0.3, 0.4) is 0 Å². The standard InChI is InChI=1S/C16H17NO3/c18-11-3-1-8-7-10-9-2-4-12(19)15-16(9,5-6-17-10)13(8)14(11)20-15/h1,3,9-10,15,17-18H,2,4-7H2/t9?,10?,15-,16-/m0/s1. The molecule has 4 nitrogen and oxygen atoms in total. The van der Waals surface area contributed by atoms with Crippen molar-refractivity contribution in [1.29, 1.82) is 0 Å². The molecule has 2 unspecified atom stereocenters. The van der Waals surface area contributed by atoms with Gasteiger partial charge in [0.05, 0.1) is 0 Å². The normalized spacial score (nSPS) is 40.2. The molecule has 4 aliphatic rings. The molecule has 4 atom stereocenters. The highest BCUT2D eigenvalue weighted by Crippen LogP contribution is 2.61. The summed E-state index contributed by atoms with van der Waals surface area (Å²) in [4.78, 5) is 12.4. The monoisotopic (exact) mass is 271 g/mol. The lowest BCUT2D eigenvalue weighted by Crippen LogP contribution is -2.65. The number of rotatable bonds is 0. The molecule has 2 N–H and O–H groups in total. The van der Waals surface area contributed by atoms with E-state index >= 15 is 0 Å². The van der Waals surface area contributed by atoms with Gasteiger partial charge in [0.1, 0.15) is 0 Å². The number of phenolic OH excluding ortho intramolecular Hbond substituents is 1. The average molecular weight is 271 g/mol. The van der Waals surface area contributed by atoms with Gasteiger partial charge in [0.25, 0.3) is 0 Å². The van der Waals surface area contributed by atoms with Gasteiger partial charge in [-0.1, -0.05) is 6.07 Å². The van der Waals surface area contributed by atoms with Crippen molar-refractivity contribution in [3.05, 3.63) is 23.3 Å². The van der Waals surface area contributed by atoms with Crippen LogP contribution < -0.4 is 10.1 Å². The molecule has 5 rings (SSSR count). The second-order valence-corrected chi connectivity index (χ2v) is 6.61. The molecule has 1 saturated heterocycles. The maximum Gasteiger partial charge on any atom is 0.174 e. The number of aromatic hydroxyl groups is 1. The number of hydrogen-bond acceptors (Lipinski definition) is 4. The van der Waals surface area contributed by atoms with Gasteiger partial charge in [-0.25, -0.2) is 0 Å². The first-order valence-corrected chi connectivity index (χ1v) is 7.50. The molecule has 1 aromatic carbocycles. The van der Waals surface area contributed by atoms with Crippen LogP contribution in [0.5, 0.6) is 11.5 Å². The summed E-state index contributed by atoms with van der Waals surface area (Å²) in [6.07, 6.45) is 3.12. The van der Waals surface area contributed by atoms with Crippen molar-refractivity contribution < 1.29 is 14.6 Å². The highest BCUT2D eigenvalue weighted by Gasteiger charge is 2.64. The predicted molar refractivity (Wildman–Crippen MR) is 72.0 cm³/mol. The number of ketones is 1. The van der Waals surface area contributed by atoms with E-state index in [1.807, 2.05) is 6.07 Å². The average Bonchev–Trinajstić information content (AvgIpc) is 2.78. The van der Waals surface area contributed by atoms with E-state index in [9.17, 15) is 9.90 Å². The van der Waals surface area contributed by atoms with Crippen LogP contribution >= 0.6 is 0 Å². The van der Waals surface area contributed by atoms with E-state index in [4.69, 9.17) is 4.74 Å². The van der Waals surface area contributed by atoms with E-state index in [0.717, 1.165) is 31.4 Å². The fourth-order valence-corrected chi connectivity index (χ4v) is 5.25. The minimum Gasteiger partial charge on any atom is -0.504 e. The summed E-state index contributed by atoms with van der Waals surface area (Å²) in [6.45, 7) is 0.933. The van der Waals surface area contributed by atoms with Crippen molar-refractivity contribution in [1.82, 2.24) is 5.32 Å². The molecule has 104 valence electrons. The molecule has 0 amide bonds. The van der Waals surface area contributed by atoms with Gasteiger partial charge in [0.2, 0.25) is 0 Å². The fraction of sp³-hybridized carbons (Fsp3) is 0.562. The molecule has 2 aliphatic carbocycles. The summed E-state index contributed by atoms with van der Waals surface area (Å²) < 4.78 is 5.99. The summed E-state index contributed by atoms with van der Waals surface area (Å²) in [5, 5.41) is 13.8. The molecule has 2 heterocycles. The van der Waals surface area contributed by atoms with Crippen LogP contribution in [0.2, 0.25) is 0 Å². The topological polar surface area (TPSA) is 58.6 Å². The third-order valence-electron chi connectivity index (χ3n) is 5.92. The van der Waals surface area contributed by atoms with Gasteiger partial charge in [0.15, 0.2) is 23.4 Å². The molecule has 4 heteroatoms. The Labute approximate surface area is 117 Å². The smallest absolute Gasteiger partial charge is 0.174 e. The Morgan fingerprint density at radius 3 is 3.20 bits per heavy atom. The first-order valence-electron chi connectivity index (χ1n) is 7.50. The lowest BCUT2D eigenvalue weighted by Gasteiger charge is -2.54. The second-order valence-electron chi connectivity index (χ2n) is 6.61. The number of nitrogens with one attached hydrogen (secondary N) is 1. The van der Waals surface area contributed by atoms with Crippen molar-refractivity contribution >= 4 is 5.78 Å². The summed E-state index contributed by atoms with van der Waals surface area (Å²) >= 11 is 0. The number of piperidine rings is 1. The van der Waals surface area contributed by atoms with Crippen LogP contribution in [-0.4, -0.2) is 29.6 Å². The number of carbonyl (C=O) groups is 1. The van der Waals surface area contributed by atoms with E-state index in [1.165, 1.54) is 5.56 Å². The fourth-order valence-electron chi connectivity index (χ4n) is 5.25. The van der Waals surface area contributed by atoms with Crippen LogP contribution in [0.25, 0.3) is 0 Å². The first kappa shape index (κ1) is 11.1. The molecule has 1 aromatic rings. The zero-order valence-electron chi connectivity index (χ0n) is 11.2. The maximum absolute atomic E-state index is 12.4. The second kappa shape index (κ2) is 3.37. The van der Waals surface area contributed by atoms with Crippen LogP contribution in [0, 0.1) is 5.92 Å². The van der Waals surface area contributed by atoms with Crippen LogP contribution in [0.15, 0.2) is 12.1 Å². The number of ether oxygens (including phenoxy) is 1. The van der Waals surface area contributed by atoms with Gasteiger partial charge in [-0.3, -0.25) is 4.79 Å². The molecule has 0 aromatic heterocycles. The molecular formula is C16H17NO3. The quantitative estimate of drug-likeness (QED) is 0.746. The van der Waals surface area contributed by atoms with Crippen LogP contribution in [0.4, 0.5) is 0 Å². The van der Waals surface area contributed by atoms with Gasteiger partial charge >= 0.3 is 0 Å². The third kappa shape index (κ3) is 1.04. The molecule has 1 spiro atoms. The zero-order valence-corrected chi connectivity index (χ0v) is 11.2. The van der Waals surface area contributed by atoms with Crippen molar-refractivity contribution in [2.75, 3.05) is 6.54 Å². The summed E-state index contributed by atoms with van der Waals surface area (Å²) in [6, 6.07) is 4.17. The predicted octanol–water partition coefficient (Wildman–Crippen LogP) is 1.29. The molecule has 0 radical (unpaired) electrons. The third-order valence-corrected chi connectivity index (χ3v) is 5.92. The zero-order chi connectivity index (χ0) is 13.5. The van der Waals surface area contributed by atoms with Crippen molar-refractivity contribution in [3.63, 3.8) is 0 Å². The summed E-state index contributed by atoms with van der Waals surface area (Å²) in [5.41, 5.74) is 2.23. The number of carbonyl (C=O) groups excluding carboxylic acids is 1. The molecule has 2 bridgehead atoms. The van der Waals surface area contributed by atoms with E-state index in [-0.39, 0.29) is 23.1 Å². The number of Topliss-reactive ketones (excluding diaryl/α,β-unsaturated/α-hetero) is 1. The Balaban J connectivity index is 1.85. The van der Waals surface area contributed by atoms with Crippen LogP contribution in [-0.2, 0) is 16.6 Å². The van der Waals surface area contributed by atoms with Crippen molar-refractivity contribution in [2.24, 2.45) is 5.92 Å². The number of hydrogen-bond donors (Lipinski definition) is 2. The van der Waals surface area contributed by atoms with E-state index in [1.54, 1.807) is 6.07 Å². The lowest BCUT2D eigenvalue weighted by molar-refractivity contribution is -0.135. The number of phenols is 1. The Hall–Kier alpha value is -1.55. The van der Waals surface area contributed by atoms with Gasteiger partial charge in [0, 0.05) is 23.4 Å².